The molecule has 1 rings (SSSR count). The fourth-order valence-electron chi connectivity index (χ4n) is 1.02. The molecule has 0 aliphatic heterocycles. The Morgan fingerprint density at radius 2 is 2.15 bits per heavy atom. The molecular weight excluding hydrogens is 186 g/mol. The molecule has 70 valence electrons. The molecule has 0 fully saturated rings. The Kier molecular flexibility index (Phi) is 3.19. The van der Waals surface area contributed by atoms with Gasteiger partial charge in [0.1, 0.15) is 0 Å². The summed E-state index contributed by atoms with van der Waals surface area (Å²) in [4.78, 5) is 10.7. The Morgan fingerprint density at radius 3 is 2.69 bits per heavy atom. The first-order chi connectivity index (χ1) is 6.11. The molecule has 0 aliphatic carbocycles. The van der Waals surface area contributed by atoms with E-state index in [1.165, 1.54) is 0 Å². The van der Waals surface area contributed by atoms with Crippen molar-refractivity contribution < 1.29 is 9.90 Å². The van der Waals surface area contributed by atoms with E-state index < -0.39 is 5.97 Å². The van der Waals surface area contributed by atoms with E-state index in [2.05, 4.69) is 17.9 Å². The van der Waals surface area contributed by atoms with Crippen LogP contribution in [0.5, 0.6) is 0 Å². The van der Waals surface area contributed by atoms with Crippen molar-refractivity contribution in [1.82, 2.24) is 0 Å². The number of thiol groups is 1. The van der Waals surface area contributed by atoms with Crippen LogP contribution in [0.15, 0.2) is 24.3 Å². The number of aromatic carboxylic acids is 1. The third-order valence-electron chi connectivity index (χ3n) is 1.52. The molecule has 0 aromatic heterocycles. The largest absolute Gasteiger partial charge is 0.478 e. The van der Waals surface area contributed by atoms with Crippen LogP contribution in [0.1, 0.15) is 17.3 Å². The summed E-state index contributed by atoms with van der Waals surface area (Å²) in [6.07, 6.45) is 0. The molecule has 0 saturated carbocycles. The van der Waals surface area contributed by atoms with Gasteiger partial charge in [-0.25, -0.2) is 4.79 Å². The standard InChI is InChI=1S/C9H11NO2S/c1-6(13)10-8-5-3-2-4-7(8)9(11)12/h2-6,10,13H,1H3,(H,11,12). The number of carboxylic acids is 1. The molecule has 3 nitrogen and oxygen atoms in total. The van der Waals surface area contributed by atoms with Crippen LogP contribution in [0.2, 0.25) is 0 Å². The Morgan fingerprint density at radius 1 is 1.54 bits per heavy atom. The summed E-state index contributed by atoms with van der Waals surface area (Å²) in [5.74, 6) is -0.933. The van der Waals surface area contributed by atoms with E-state index in [1.54, 1.807) is 24.3 Å². The van der Waals surface area contributed by atoms with Crippen LogP contribution in [0, 0.1) is 0 Å². The van der Waals surface area contributed by atoms with E-state index >= 15 is 0 Å². The molecule has 13 heavy (non-hydrogen) atoms. The van der Waals surface area contributed by atoms with E-state index in [0.717, 1.165) is 0 Å². The van der Waals surface area contributed by atoms with Crippen LogP contribution in [0.4, 0.5) is 5.69 Å². The average molecular weight is 197 g/mol. The summed E-state index contributed by atoms with van der Waals surface area (Å²) < 4.78 is 0. The molecule has 0 spiro atoms. The van der Waals surface area contributed by atoms with Gasteiger partial charge in [0.05, 0.1) is 10.9 Å². The van der Waals surface area contributed by atoms with Crippen molar-refractivity contribution in [2.24, 2.45) is 0 Å². The second-order valence-corrected chi connectivity index (χ2v) is 3.45. The number of anilines is 1. The van der Waals surface area contributed by atoms with Gasteiger partial charge in [-0.2, -0.15) is 12.6 Å². The highest BCUT2D eigenvalue weighted by Gasteiger charge is 2.08. The van der Waals surface area contributed by atoms with E-state index in [0.29, 0.717) is 5.69 Å². The van der Waals surface area contributed by atoms with Crippen LogP contribution in [-0.4, -0.2) is 16.4 Å². The van der Waals surface area contributed by atoms with Gasteiger partial charge < -0.3 is 10.4 Å². The van der Waals surface area contributed by atoms with Crippen molar-refractivity contribution in [1.29, 1.82) is 0 Å². The number of benzene rings is 1. The number of hydrogen-bond acceptors (Lipinski definition) is 3. The van der Waals surface area contributed by atoms with Gasteiger partial charge in [-0.05, 0) is 19.1 Å². The van der Waals surface area contributed by atoms with Gasteiger partial charge in [-0.3, -0.25) is 0 Å². The molecular formula is C9H11NO2S. The summed E-state index contributed by atoms with van der Waals surface area (Å²) in [5, 5.41) is 11.7. The highest BCUT2D eigenvalue weighted by molar-refractivity contribution is 7.81. The number of nitrogens with one attached hydrogen (secondary N) is 1. The number of rotatable bonds is 3. The molecule has 0 saturated heterocycles. The van der Waals surface area contributed by atoms with Gasteiger partial charge in [-0.1, -0.05) is 12.1 Å². The molecule has 0 bridgehead atoms. The average Bonchev–Trinajstić information content (AvgIpc) is 2.03. The van der Waals surface area contributed by atoms with Crippen LogP contribution >= 0.6 is 12.6 Å². The zero-order valence-corrected chi connectivity index (χ0v) is 8.08. The Balaban J connectivity index is 2.98. The van der Waals surface area contributed by atoms with Crippen LogP contribution in [0.3, 0.4) is 0 Å². The Labute approximate surface area is 82.2 Å². The molecule has 1 aromatic carbocycles. The van der Waals surface area contributed by atoms with Crippen LogP contribution in [-0.2, 0) is 0 Å². The third-order valence-corrected chi connectivity index (χ3v) is 1.65. The zero-order chi connectivity index (χ0) is 9.84. The summed E-state index contributed by atoms with van der Waals surface area (Å²) in [7, 11) is 0. The first kappa shape index (κ1) is 9.92. The fourth-order valence-corrected chi connectivity index (χ4v) is 1.16. The number of hydrogen-bond donors (Lipinski definition) is 3. The highest BCUT2D eigenvalue weighted by atomic mass is 32.1. The maximum absolute atomic E-state index is 10.7. The Hall–Kier alpha value is -1.16. The SMILES string of the molecule is CC(S)Nc1ccccc1C(=O)O. The topological polar surface area (TPSA) is 49.3 Å². The van der Waals surface area contributed by atoms with Crippen LogP contribution in [0.25, 0.3) is 0 Å². The van der Waals surface area contributed by atoms with Crippen molar-refractivity contribution in [3.05, 3.63) is 29.8 Å². The molecule has 1 atom stereocenters. The van der Waals surface area contributed by atoms with Gasteiger partial charge in [-0.15, -0.1) is 0 Å². The molecule has 1 aromatic rings. The third kappa shape index (κ3) is 2.66. The molecule has 0 heterocycles. The lowest BCUT2D eigenvalue weighted by Crippen LogP contribution is -2.11. The monoisotopic (exact) mass is 197 g/mol. The Bertz CT molecular complexity index is 312. The highest BCUT2D eigenvalue weighted by Crippen LogP contribution is 2.16. The van der Waals surface area contributed by atoms with Gasteiger partial charge in [0.25, 0.3) is 0 Å². The molecule has 0 radical (unpaired) electrons. The minimum Gasteiger partial charge on any atom is -0.478 e. The maximum atomic E-state index is 10.7. The first-order valence-corrected chi connectivity index (χ1v) is 4.40. The summed E-state index contributed by atoms with van der Waals surface area (Å²) in [5.41, 5.74) is 0.862. The van der Waals surface area contributed by atoms with E-state index in [1.807, 2.05) is 6.92 Å². The predicted octanol–water partition coefficient (Wildman–Crippen LogP) is 2.07. The van der Waals surface area contributed by atoms with Gasteiger partial charge in [0, 0.05) is 5.69 Å². The second kappa shape index (κ2) is 4.18. The molecule has 1 unspecified atom stereocenters. The lowest BCUT2D eigenvalue weighted by Gasteiger charge is -2.11. The van der Waals surface area contributed by atoms with E-state index in [9.17, 15) is 4.79 Å². The van der Waals surface area contributed by atoms with Gasteiger partial charge >= 0.3 is 5.97 Å². The number of carbonyl (C=O) groups is 1. The van der Waals surface area contributed by atoms with Gasteiger partial charge in [0.2, 0.25) is 0 Å². The summed E-state index contributed by atoms with van der Waals surface area (Å²) in [6, 6.07) is 6.75. The normalized spacial score (nSPS) is 12.2. The van der Waals surface area contributed by atoms with E-state index in [-0.39, 0.29) is 10.9 Å². The summed E-state index contributed by atoms with van der Waals surface area (Å²) >= 11 is 4.12. The number of para-hydroxylation sites is 1. The molecule has 4 heteroatoms. The van der Waals surface area contributed by atoms with Crippen molar-refractivity contribution in [3.63, 3.8) is 0 Å². The fraction of sp³-hybridized carbons (Fsp3) is 0.222. The second-order valence-electron chi connectivity index (χ2n) is 2.67. The predicted molar refractivity (Wildman–Crippen MR) is 55.5 cm³/mol. The smallest absolute Gasteiger partial charge is 0.337 e. The lowest BCUT2D eigenvalue weighted by molar-refractivity contribution is 0.0698. The van der Waals surface area contributed by atoms with Crippen molar-refractivity contribution in [2.45, 2.75) is 12.3 Å². The van der Waals surface area contributed by atoms with Gasteiger partial charge in [0.15, 0.2) is 0 Å². The quantitative estimate of drug-likeness (QED) is 0.513. The first-order valence-electron chi connectivity index (χ1n) is 3.88. The van der Waals surface area contributed by atoms with Crippen molar-refractivity contribution in [2.75, 3.05) is 5.32 Å². The minimum absolute atomic E-state index is 0.0690. The maximum Gasteiger partial charge on any atom is 0.337 e. The minimum atomic E-state index is -0.933. The van der Waals surface area contributed by atoms with E-state index in [4.69, 9.17) is 5.11 Å². The van der Waals surface area contributed by atoms with Crippen molar-refractivity contribution >= 4 is 24.3 Å². The molecule has 2 N–H and O–H groups in total. The molecule has 0 amide bonds. The number of carboxylic acid groups (broad SMARTS) is 1. The zero-order valence-electron chi connectivity index (χ0n) is 7.19. The van der Waals surface area contributed by atoms with Crippen LogP contribution < -0.4 is 5.32 Å². The van der Waals surface area contributed by atoms with Crippen molar-refractivity contribution in [3.8, 4) is 0 Å². The summed E-state index contributed by atoms with van der Waals surface area (Å²) in [6.45, 7) is 1.84. The lowest BCUT2D eigenvalue weighted by atomic mass is 10.2. The molecule has 0 aliphatic rings.